The third-order valence-electron chi connectivity index (χ3n) is 15.1. The van der Waals surface area contributed by atoms with Crippen LogP contribution in [0.25, 0.3) is 32.7 Å². The van der Waals surface area contributed by atoms with Crippen molar-refractivity contribution in [3.63, 3.8) is 0 Å². The van der Waals surface area contributed by atoms with E-state index < -0.39 is 5.60 Å². The van der Waals surface area contributed by atoms with E-state index in [4.69, 9.17) is 4.98 Å². The number of hydrogen-bond donors (Lipinski definition) is 3. The highest BCUT2D eigenvalue weighted by Crippen LogP contribution is 2.62. The molecule has 7 atom stereocenters. The van der Waals surface area contributed by atoms with Crippen molar-refractivity contribution in [1.82, 2.24) is 29.7 Å². The van der Waals surface area contributed by atoms with Gasteiger partial charge < -0.3 is 20.0 Å². The average molecular weight is 747 g/mol. The summed E-state index contributed by atoms with van der Waals surface area (Å²) < 4.78 is 0. The summed E-state index contributed by atoms with van der Waals surface area (Å²) >= 11 is 0. The molecule has 7 nitrogen and oxygen atoms in total. The number of aromatic nitrogens is 3. The van der Waals surface area contributed by atoms with Gasteiger partial charge in [0, 0.05) is 76.6 Å². The third-order valence-corrected chi connectivity index (χ3v) is 15.1. The van der Waals surface area contributed by atoms with E-state index in [1.54, 1.807) is 0 Å². The molecule has 56 heavy (non-hydrogen) atoms. The first-order chi connectivity index (χ1) is 27.6. The summed E-state index contributed by atoms with van der Waals surface area (Å²) in [6.07, 6.45) is 27.4. The Balaban J connectivity index is 1.06. The molecule has 5 aromatic rings. The summed E-state index contributed by atoms with van der Waals surface area (Å²) in [5.74, 6) is 0.409. The molecule has 0 amide bonds. The van der Waals surface area contributed by atoms with Gasteiger partial charge in [0.15, 0.2) is 0 Å². The van der Waals surface area contributed by atoms with Crippen molar-refractivity contribution in [3.8, 4) is 0 Å². The van der Waals surface area contributed by atoms with E-state index in [1.165, 1.54) is 88.2 Å². The molecule has 5 aliphatic heterocycles. The maximum atomic E-state index is 13.7. The van der Waals surface area contributed by atoms with E-state index in [0.717, 1.165) is 83.4 Å². The highest BCUT2D eigenvalue weighted by molar-refractivity contribution is 6.07. The maximum absolute atomic E-state index is 13.7. The van der Waals surface area contributed by atoms with Crippen molar-refractivity contribution in [2.75, 3.05) is 39.3 Å². The summed E-state index contributed by atoms with van der Waals surface area (Å²) in [6, 6.07) is 20.4. The summed E-state index contributed by atoms with van der Waals surface area (Å²) in [5, 5.41) is 17.6. The number of para-hydroxylation sites is 2. The maximum Gasteiger partial charge on any atom is 0.0994 e. The fourth-order valence-electron chi connectivity index (χ4n) is 12.9. The summed E-state index contributed by atoms with van der Waals surface area (Å²) in [4.78, 5) is 21.2. The van der Waals surface area contributed by atoms with Crippen molar-refractivity contribution in [2.45, 2.75) is 101 Å². The van der Waals surface area contributed by atoms with Crippen molar-refractivity contribution in [2.24, 2.45) is 11.3 Å². The lowest BCUT2D eigenvalue weighted by atomic mass is 9.54. The fourth-order valence-corrected chi connectivity index (χ4v) is 12.9. The summed E-state index contributed by atoms with van der Waals surface area (Å²) in [7, 11) is 0. The Morgan fingerprint density at radius 1 is 0.804 bits per heavy atom. The molecule has 1 aliphatic carbocycles. The van der Waals surface area contributed by atoms with Crippen LogP contribution in [0.5, 0.6) is 0 Å². The number of aliphatic hydroxyl groups is 1. The SMILES string of the molecule is O[C@]12C=C([C@@H]3c4[nH]c5ccccc5c4CCN3CCc3nccc4c3[nH]c3ccccc34)[C@@H]3CCN(CCCC/C=C\CC1)C[C@@]31C[C@@H]3/C=C\CCCCN3[C@H]12. The normalized spacial score (nSPS) is 33.7. The Morgan fingerprint density at radius 3 is 2.52 bits per heavy atom. The minimum absolute atomic E-state index is 0.0129. The van der Waals surface area contributed by atoms with Crippen LogP contribution in [0.3, 0.4) is 0 Å². The Labute approximate surface area is 331 Å². The summed E-state index contributed by atoms with van der Waals surface area (Å²) in [5.41, 5.74) is 8.12. The Kier molecular flexibility index (Phi) is 8.87. The standard InChI is InChI=1S/C49H58N6O/c56-49-24-12-4-1-2-5-13-26-53-28-22-40(48(33-53)31-34-15-7-3-6-14-27-55(34)47(48)49)39(32-49)46-45-38(36-17-9-11-19-42(36)52-45)21-29-54(46)30-23-43-44-37(20-25-50-43)35-16-8-10-18-41(35)51-44/h1,4,7-11,15-20,25,32,34,40,46-47,51-52,56H,2-3,5-6,12-14,21-24,26-31,33H2/b4-1-,15-7-/t34-,40-,46+,47+,48-,49-/m0/s1. The van der Waals surface area contributed by atoms with Crippen molar-refractivity contribution < 1.29 is 5.11 Å². The fraction of sp³-hybridized carbons (Fsp3) is 0.490. The molecule has 2 saturated heterocycles. The van der Waals surface area contributed by atoms with E-state index >= 15 is 0 Å². The van der Waals surface area contributed by atoms with Gasteiger partial charge in [-0.2, -0.15) is 0 Å². The second kappa shape index (κ2) is 14.1. The highest BCUT2D eigenvalue weighted by atomic mass is 16.3. The van der Waals surface area contributed by atoms with E-state index in [2.05, 4.69) is 110 Å². The molecule has 290 valence electrons. The Morgan fingerprint density at radius 2 is 1.61 bits per heavy atom. The van der Waals surface area contributed by atoms with Crippen LogP contribution in [-0.4, -0.2) is 91.7 Å². The minimum atomic E-state index is -0.915. The second-order valence-corrected chi connectivity index (χ2v) is 18.2. The second-order valence-electron chi connectivity index (χ2n) is 18.2. The lowest BCUT2D eigenvalue weighted by Crippen LogP contribution is -2.66. The van der Waals surface area contributed by atoms with Crippen LogP contribution < -0.4 is 0 Å². The molecule has 8 heterocycles. The van der Waals surface area contributed by atoms with Gasteiger partial charge in [-0.3, -0.25) is 14.8 Å². The number of nitrogens with one attached hydrogen (secondary N) is 2. The van der Waals surface area contributed by atoms with E-state index in [-0.39, 0.29) is 17.5 Å². The molecule has 3 N–H and O–H groups in total. The number of nitrogens with zero attached hydrogens (tertiary/aromatic N) is 4. The minimum Gasteiger partial charge on any atom is -0.384 e. The number of fused-ring (bicyclic) bond motifs is 8. The van der Waals surface area contributed by atoms with Gasteiger partial charge in [0.25, 0.3) is 0 Å². The largest absolute Gasteiger partial charge is 0.384 e. The van der Waals surface area contributed by atoms with Gasteiger partial charge in [0.05, 0.1) is 28.9 Å². The number of hydrogen-bond acceptors (Lipinski definition) is 5. The van der Waals surface area contributed by atoms with Gasteiger partial charge in [-0.15, -0.1) is 0 Å². The topological polar surface area (TPSA) is 74.4 Å². The number of H-pyrrole nitrogens is 2. The predicted molar refractivity (Wildman–Crippen MR) is 228 cm³/mol. The van der Waals surface area contributed by atoms with Crippen molar-refractivity contribution >= 4 is 32.7 Å². The van der Waals surface area contributed by atoms with Crippen LogP contribution >= 0.6 is 0 Å². The van der Waals surface area contributed by atoms with Crippen LogP contribution in [0.1, 0.15) is 87.2 Å². The lowest BCUT2D eigenvalue weighted by molar-refractivity contribution is -0.100. The quantitative estimate of drug-likeness (QED) is 0.160. The lowest BCUT2D eigenvalue weighted by Gasteiger charge is -2.59. The first-order valence-corrected chi connectivity index (χ1v) is 22.0. The van der Waals surface area contributed by atoms with Crippen LogP contribution in [0, 0.1) is 11.3 Å². The molecule has 6 aliphatic rings. The Bertz CT molecular complexity index is 2350. The van der Waals surface area contributed by atoms with E-state index in [0.29, 0.717) is 12.0 Å². The molecule has 3 bridgehead atoms. The molecular weight excluding hydrogens is 689 g/mol. The zero-order valence-electron chi connectivity index (χ0n) is 32.9. The average Bonchev–Trinajstić information content (AvgIpc) is 3.87. The Hall–Kier alpha value is -4.01. The smallest absolute Gasteiger partial charge is 0.0994 e. The van der Waals surface area contributed by atoms with Crippen LogP contribution in [0.2, 0.25) is 0 Å². The number of benzene rings is 2. The predicted octanol–water partition coefficient (Wildman–Crippen LogP) is 9.02. The van der Waals surface area contributed by atoms with Crippen LogP contribution in [-0.2, 0) is 12.8 Å². The van der Waals surface area contributed by atoms with E-state index in [9.17, 15) is 5.11 Å². The van der Waals surface area contributed by atoms with Gasteiger partial charge in [-0.25, -0.2) is 0 Å². The zero-order chi connectivity index (χ0) is 37.3. The molecule has 2 fully saturated rings. The molecule has 2 aromatic carbocycles. The van der Waals surface area contributed by atoms with Gasteiger partial charge in [0.1, 0.15) is 0 Å². The monoisotopic (exact) mass is 746 g/mol. The third kappa shape index (κ3) is 5.71. The molecular formula is C49H58N6O. The van der Waals surface area contributed by atoms with Crippen LogP contribution in [0.4, 0.5) is 0 Å². The van der Waals surface area contributed by atoms with Gasteiger partial charge in [0.2, 0.25) is 0 Å². The van der Waals surface area contributed by atoms with Gasteiger partial charge in [-0.1, -0.05) is 66.8 Å². The van der Waals surface area contributed by atoms with Crippen molar-refractivity contribution in [3.05, 3.63) is 114 Å². The zero-order valence-corrected chi connectivity index (χ0v) is 32.9. The summed E-state index contributed by atoms with van der Waals surface area (Å²) in [6.45, 7) is 6.39. The first-order valence-electron chi connectivity index (χ1n) is 22.0. The molecule has 11 rings (SSSR count). The van der Waals surface area contributed by atoms with E-state index in [1.807, 2.05) is 6.20 Å². The highest BCUT2D eigenvalue weighted by Gasteiger charge is 2.66. The number of pyridine rings is 1. The van der Waals surface area contributed by atoms with Crippen LogP contribution in [0.15, 0.2) is 96.7 Å². The number of aromatic amines is 2. The molecule has 3 aromatic heterocycles. The van der Waals surface area contributed by atoms with Gasteiger partial charge >= 0.3 is 0 Å². The number of allylic oxidation sites excluding steroid dienone is 3. The molecule has 1 spiro atoms. The van der Waals surface area contributed by atoms with Crippen molar-refractivity contribution in [1.29, 1.82) is 0 Å². The molecule has 0 radical (unpaired) electrons. The molecule has 0 saturated carbocycles. The number of piperidine rings is 1. The molecule has 7 heteroatoms. The first kappa shape index (κ1) is 35.2. The number of rotatable bonds is 4. The molecule has 1 unspecified atom stereocenters. The van der Waals surface area contributed by atoms with Gasteiger partial charge in [-0.05, 0) is 126 Å².